The van der Waals surface area contributed by atoms with E-state index in [2.05, 4.69) is 0 Å². The Balaban J connectivity index is 2.15. The second-order valence-electron chi connectivity index (χ2n) is 8.19. The van der Waals surface area contributed by atoms with Crippen LogP contribution < -0.4 is 14.2 Å². The van der Waals surface area contributed by atoms with Crippen LogP contribution in [0.3, 0.4) is 0 Å². The lowest BCUT2D eigenvalue weighted by Crippen LogP contribution is -2.32. The Bertz CT molecular complexity index is 1060. The number of para-hydroxylation sites is 1. The van der Waals surface area contributed by atoms with E-state index in [4.69, 9.17) is 14.2 Å². The number of likely N-dealkylation sites (tertiary alicyclic amines) is 1. The van der Waals surface area contributed by atoms with Gasteiger partial charge >= 0.3 is 0 Å². The molecule has 1 heterocycles. The maximum atomic E-state index is 13.2. The number of carbonyl (C=O) groups is 2. The molecule has 1 aliphatic rings. The molecule has 1 aliphatic heterocycles. The minimum Gasteiger partial charge on any atom is -0.507 e. The quantitative estimate of drug-likeness (QED) is 0.324. The Morgan fingerprint density at radius 2 is 1.76 bits per heavy atom. The van der Waals surface area contributed by atoms with Gasteiger partial charge in [-0.1, -0.05) is 12.1 Å². The zero-order chi connectivity index (χ0) is 24.8. The summed E-state index contributed by atoms with van der Waals surface area (Å²) in [5.74, 6) is -0.0974. The fraction of sp³-hybridized carbons (Fsp3) is 0.385. The first-order valence-electron chi connectivity index (χ1n) is 11.2. The van der Waals surface area contributed by atoms with Crippen molar-refractivity contribution in [2.24, 2.45) is 0 Å². The van der Waals surface area contributed by atoms with E-state index in [9.17, 15) is 14.7 Å². The van der Waals surface area contributed by atoms with Gasteiger partial charge in [0.15, 0.2) is 11.5 Å². The molecular weight excluding hydrogens is 436 g/mol. The number of carbonyl (C=O) groups excluding carboxylic acids is 2. The minimum absolute atomic E-state index is 0.0190. The van der Waals surface area contributed by atoms with Crippen LogP contribution in [-0.4, -0.2) is 74.6 Å². The maximum absolute atomic E-state index is 13.2. The Labute approximate surface area is 200 Å². The Morgan fingerprint density at radius 1 is 1.06 bits per heavy atom. The van der Waals surface area contributed by atoms with Gasteiger partial charge in [-0.25, -0.2) is 0 Å². The van der Waals surface area contributed by atoms with Gasteiger partial charge in [-0.15, -0.1) is 0 Å². The largest absolute Gasteiger partial charge is 0.507 e. The molecule has 8 nitrogen and oxygen atoms in total. The van der Waals surface area contributed by atoms with E-state index >= 15 is 0 Å². The second-order valence-corrected chi connectivity index (χ2v) is 8.19. The number of hydrogen-bond acceptors (Lipinski definition) is 7. The lowest BCUT2D eigenvalue weighted by molar-refractivity contribution is -0.140. The average Bonchev–Trinajstić information content (AvgIpc) is 3.08. The summed E-state index contributed by atoms with van der Waals surface area (Å²) in [6, 6.07) is 11.2. The van der Waals surface area contributed by atoms with E-state index in [0.717, 1.165) is 6.54 Å². The topological polar surface area (TPSA) is 88.5 Å². The molecular formula is C26H32N2O6. The molecule has 0 aromatic heterocycles. The number of Topliss-reactive ketones (excluding diaryl/α,β-unsaturated/α-hetero) is 1. The van der Waals surface area contributed by atoms with Gasteiger partial charge in [-0.05, 0) is 64.3 Å². The van der Waals surface area contributed by atoms with Crippen molar-refractivity contribution in [2.75, 3.05) is 48.0 Å². The highest BCUT2D eigenvalue weighted by Gasteiger charge is 2.47. The van der Waals surface area contributed by atoms with Crippen LogP contribution in [0.5, 0.6) is 17.2 Å². The summed E-state index contributed by atoms with van der Waals surface area (Å²) >= 11 is 0. The van der Waals surface area contributed by atoms with Crippen LogP contribution in [0.1, 0.15) is 30.5 Å². The zero-order valence-electron chi connectivity index (χ0n) is 20.3. The fourth-order valence-corrected chi connectivity index (χ4v) is 4.15. The fourth-order valence-electron chi connectivity index (χ4n) is 4.15. The summed E-state index contributed by atoms with van der Waals surface area (Å²) in [7, 11) is 6.92. The first kappa shape index (κ1) is 25.1. The molecule has 0 radical (unpaired) electrons. The monoisotopic (exact) mass is 468 g/mol. The summed E-state index contributed by atoms with van der Waals surface area (Å²) in [5.41, 5.74) is 1.01. The van der Waals surface area contributed by atoms with Gasteiger partial charge in [0, 0.05) is 17.7 Å². The standard InChI is InChI=1S/C26H32N2O6/c1-6-34-18-13-11-17(12-14-18)23(29)21-22(19-9-7-10-20(32-4)25(19)33-5)28(26(31)24(21)30)16-8-15-27(2)3/h7,9-14,22,29H,6,8,15-16H2,1-5H3/b23-21-. The molecule has 34 heavy (non-hydrogen) atoms. The number of ketones is 1. The van der Waals surface area contributed by atoms with Crippen LogP contribution in [0.4, 0.5) is 0 Å². The Morgan fingerprint density at radius 3 is 2.35 bits per heavy atom. The summed E-state index contributed by atoms with van der Waals surface area (Å²) in [4.78, 5) is 29.9. The van der Waals surface area contributed by atoms with Crippen LogP contribution in [0.2, 0.25) is 0 Å². The normalized spacial score (nSPS) is 17.4. The number of nitrogens with zero attached hydrogens (tertiary/aromatic N) is 2. The van der Waals surface area contributed by atoms with Crippen molar-refractivity contribution in [1.82, 2.24) is 9.80 Å². The molecule has 1 fully saturated rings. The van der Waals surface area contributed by atoms with Crippen molar-refractivity contribution in [1.29, 1.82) is 0 Å². The van der Waals surface area contributed by atoms with Crippen molar-refractivity contribution >= 4 is 17.4 Å². The van der Waals surface area contributed by atoms with Crippen LogP contribution in [0, 0.1) is 0 Å². The van der Waals surface area contributed by atoms with Gasteiger partial charge in [0.05, 0.1) is 32.4 Å². The van der Waals surface area contributed by atoms with E-state index in [1.807, 2.05) is 25.9 Å². The van der Waals surface area contributed by atoms with Crippen molar-refractivity contribution in [2.45, 2.75) is 19.4 Å². The zero-order valence-corrected chi connectivity index (χ0v) is 20.3. The van der Waals surface area contributed by atoms with E-state index < -0.39 is 17.7 Å². The van der Waals surface area contributed by atoms with E-state index in [-0.39, 0.29) is 11.3 Å². The van der Waals surface area contributed by atoms with E-state index in [0.29, 0.717) is 47.9 Å². The first-order valence-corrected chi connectivity index (χ1v) is 11.2. The summed E-state index contributed by atoms with van der Waals surface area (Å²) in [5, 5.41) is 11.2. The molecule has 0 spiro atoms. The second kappa shape index (κ2) is 11.1. The third-order valence-electron chi connectivity index (χ3n) is 5.71. The third kappa shape index (κ3) is 5.02. The molecule has 182 valence electrons. The summed E-state index contributed by atoms with van der Waals surface area (Å²) in [6.45, 7) is 3.48. The molecule has 2 aromatic rings. The van der Waals surface area contributed by atoms with Crippen molar-refractivity contribution in [3.8, 4) is 17.2 Å². The Hall–Kier alpha value is -3.52. The lowest BCUT2D eigenvalue weighted by Gasteiger charge is -2.27. The molecule has 0 bridgehead atoms. The number of amides is 1. The van der Waals surface area contributed by atoms with Crippen LogP contribution in [0.25, 0.3) is 5.76 Å². The third-order valence-corrected chi connectivity index (χ3v) is 5.71. The highest BCUT2D eigenvalue weighted by molar-refractivity contribution is 6.46. The molecule has 3 rings (SSSR count). The molecule has 1 unspecified atom stereocenters. The average molecular weight is 469 g/mol. The number of ether oxygens (including phenoxy) is 3. The highest BCUT2D eigenvalue weighted by Crippen LogP contribution is 2.45. The van der Waals surface area contributed by atoms with E-state index in [1.165, 1.54) is 19.1 Å². The number of rotatable bonds is 10. The van der Waals surface area contributed by atoms with Gasteiger partial charge in [-0.2, -0.15) is 0 Å². The van der Waals surface area contributed by atoms with Gasteiger partial charge in [0.2, 0.25) is 0 Å². The molecule has 0 saturated carbocycles. The highest BCUT2D eigenvalue weighted by atomic mass is 16.5. The molecule has 0 aliphatic carbocycles. The molecule has 1 amide bonds. The van der Waals surface area contributed by atoms with E-state index in [1.54, 1.807) is 42.5 Å². The SMILES string of the molecule is CCOc1ccc(/C(O)=C2/C(=O)C(=O)N(CCCN(C)C)C2c2cccc(OC)c2OC)cc1. The molecule has 1 saturated heterocycles. The molecule has 1 N–H and O–H groups in total. The number of aliphatic hydroxyl groups excluding tert-OH is 1. The minimum atomic E-state index is -0.821. The number of methoxy groups -OCH3 is 2. The molecule has 2 aromatic carbocycles. The number of aliphatic hydroxyl groups is 1. The lowest BCUT2D eigenvalue weighted by atomic mass is 9.94. The van der Waals surface area contributed by atoms with Gasteiger partial charge in [0.25, 0.3) is 11.7 Å². The molecule has 1 atom stereocenters. The summed E-state index contributed by atoms with van der Waals surface area (Å²) in [6.07, 6.45) is 0.659. The van der Waals surface area contributed by atoms with Crippen molar-refractivity contribution in [3.05, 3.63) is 59.2 Å². The molecule has 8 heteroatoms. The van der Waals surface area contributed by atoms with Crippen molar-refractivity contribution < 1.29 is 28.9 Å². The summed E-state index contributed by atoms with van der Waals surface area (Å²) < 4.78 is 16.5. The van der Waals surface area contributed by atoms with Crippen LogP contribution >= 0.6 is 0 Å². The van der Waals surface area contributed by atoms with Gasteiger partial charge in [0.1, 0.15) is 11.5 Å². The smallest absolute Gasteiger partial charge is 0.295 e. The van der Waals surface area contributed by atoms with Gasteiger partial charge in [-0.3, -0.25) is 9.59 Å². The maximum Gasteiger partial charge on any atom is 0.295 e. The Kier molecular flexibility index (Phi) is 8.17. The van der Waals surface area contributed by atoms with Crippen molar-refractivity contribution in [3.63, 3.8) is 0 Å². The van der Waals surface area contributed by atoms with Crippen LogP contribution in [0.15, 0.2) is 48.0 Å². The first-order chi connectivity index (χ1) is 16.3. The number of benzene rings is 2. The number of hydrogen-bond donors (Lipinski definition) is 1. The van der Waals surface area contributed by atoms with Crippen LogP contribution in [-0.2, 0) is 9.59 Å². The van der Waals surface area contributed by atoms with Gasteiger partial charge < -0.3 is 29.1 Å². The predicted octanol–water partition coefficient (Wildman–Crippen LogP) is 3.48. The predicted molar refractivity (Wildman–Crippen MR) is 129 cm³/mol.